The fourth-order valence-corrected chi connectivity index (χ4v) is 2.78. The van der Waals surface area contributed by atoms with Gasteiger partial charge < -0.3 is 9.84 Å². The normalized spacial score (nSPS) is 25.1. The molecular formula is C13H23N3O. The number of aromatic nitrogens is 2. The average Bonchev–Trinajstić information content (AvgIpc) is 2.76. The van der Waals surface area contributed by atoms with Crippen molar-refractivity contribution in [2.24, 2.45) is 5.92 Å². The van der Waals surface area contributed by atoms with Crippen LogP contribution in [0.3, 0.4) is 0 Å². The molecule has 0 bridgehead atoms. The summed E-state index contributed by atoms with van der Waals surface area (Å²) in [7, 11) is 0. The summed E-state index contributed by atoms with van der Waals surface area (Å²) in [5.74, 6) is 2.33. The quantitative estimate of drug-likeness (QED) is 0.854. The van der Waals surface area contributed by atoms with Gasteiger partial charge in [-0.3, -0.25) is 0 Å². The SMILES string of the molecule is CCC1CCCCC1NCCc1noc(C)n1. The Hall–Kier alpha value is -0.900. The van der Waals surface area contributed by atoms with Gasteiger partial charge >= 0.3 is 0 Å². The molecule has 0 radical (unpaired) electrons. The van der Waals surface area contributed by atoms with E-state index in [1.165, 1.54) is 32.1 Å². The van der Waals surface area contributed by atoms with E-state index >= 15 is 0 Å². The Labute approximate surface area is 103 Å². The zero-order chi connectivity index (χ0) is 12.1. The van der Waals surface area contributed by atoms with Crippen LogP contribution in [0.15, 0.2) is 4.52 Å². The largest absolute Gasteiger partial charge is 0.340 e. The number of hydrogen-bond acceptors (Lipinski definition) is 4. The summed E-state index contributed by atoms with van der Waals surface area (Å²) in [6.45, 7) is 5.09. The van der Waals surface area contributed by atoms with Crippen LogP contribution in [-0.4, -0.2) is 22.7 Å². The van der Waals surface area contributed by atoms with Crippen molar-refractivity contribution in [3.8, 4) is 0 Å². The first-order valence-electron chi connectivity index (χ1n) is 6.82. The average molecular weight is 237 g/mol. The van der Waals surface area contributed by atoms with Gasteiger partial charge in [0.1, 0.15) is 0 Å². The maximum absolute atomic E-state index is 4.96. The first-order chi connectivity index (χ1) is 8.29. The minimum Gasteiger partial charge on any atom is -0.340 e. The highest BCUT2D eigenvalue weighted by molar-refractivity contribution is 4.86. The number of nitrogens with one attached hydrogen (secondary N) is 1. The van der Waals surface area contributed by atoms with Crippen LogP contribution in [0.5, 0.6) is 0 Å². The topological polar surface area (TPSA) is 51.0 Å². The predicted octanol–water partition coefficient (Wildman–Crippen LogP) is 2.48. The molecule has 96 valence electrons. The van der Waals surface area contributed by atoms with E-state index in [1.807, 2.05) is 6.92 Å². The van der Waals surface area contributed by atoms with Gasteiger partial charge in [0, 0.05) is 25.9 Å². The molecule has 1 fully saturated rings. The molecule has 0 spiro atoms. The molecule has 0 aliphatic heterocycles. The van der Waals surface area contributed by atoms with E-state index in [9.17, 15) is 0 Å². The monoisotopic (exact) mass is 237 g/mol. The summed E-state index contributed by atoms with van der Waals surface area (Å²) in [5, 5.41) is 7.57. The molecule has 1 aliphatic carbocycles. The van der Waals surface area contributed by atoms with Crippen LogP contribution in [-0.2, 0) is 6.42 Å². The summed E-state index contributed by atoms with van der Waals surface area (Å²) in [4.78, 5) is 4.21. The summed E-state index contributed by atoms with van der Waals surface area (Å²) < 4.78 is 4.96. The Morgan fingerprint density at radius 1 is 1.35 bits per heavy atom. The zero-order valence-corrected chi connectivity index (χ0v) is 10.9. The molecule has 0 saturated heterocycles. The second-order valence-electron chi connectivity index (χ2n) is 4.99. The predicted molar refractivity (Wildman–Crippen MR) is 66.8 cm³/mol. The van der Waals surface area contributed by atoms with Crippen molar-refractivity contribution < 1.29 is 4.52 Å². The molecule has 1 aromatic heterocycles. The van der Waals surface area contributed by atoms with Crippen molar-refractivity contribution in [1.29, 1.82) is 0 Å². The van der Waals surface area contributed by atoms with Crippen LogP contribution >= 0.6 is 0 Å². The molecule has 2 atom stereocenters. The highest BCUT2D eigenvalue weighted by Gasteiger charge is 2.22. The summed E-state index contributed by atoms with van der Waals surface area (Å²) in [5.41, 5.74) is 0. The second-order valence-corrected chi connectivity index (χ2v) is 4.99. The lowest BCUT2D eigenvalue weighted by molar-refractivity contribution is 0.256. The number of aryl methyl sites for hydroxylation is 1. The van der Waals surface area contributed by atoms with Crippen LogP contribution < -0.4 is 5.32 Å². The number of nitrogens with zero attached hydrogens (tertiary/aromatic N) is 2. The van der Waals surface area contributed by atoms with Crippen LogP contribution in [0.4, 0.5) is 0 Å². The molecule has 2 rings (SSSR count). The summed E-state index contributed by atoms with van der Waals surface area (Å²) in [6.07, 6.45) is 7.64. The molecule has 1 aromatic rings. The Balaban J connectivity index is 1.73. The first-order valence-corrected chi connectivity index (χ1v) is 6.82. The highest BCUT2D eigenvalue weighted by Crippen LogP contribution is 2.26. The molecule has 4 nitrogen and oxygen atoms in total. The number of hydrogen-bond donors (Lipinski definition) is 1. The Kier molecular flexibility index (Phi) is 4.54. The van der Waals surface area contributed by atoms with Gasteiger partial charge in [0.15, 0.2) is 5.82 Å². The fourth-order valence-electron chi connectivity index (χ4n) is 2.78. The van der Waals surface area contributed by atoms with Crippen molar-refractivity contribution in [2.45, 2.75) is 58.4 Å². The third kappa shape index (κ3) is 3.53. The zero-order valence-electron chi connectivity index (χ0n) is 10.9. The third-order valence-electron chi connectivity index (χ3n) is 3.76. The smallest absolute Gasteiger partial charge is 0.223 e. The highest BCUT2D eigenvalue weighted by atomic mass is 16.5. The minimum atomic E-state index is 0.657. The van der Waals surface area contributed by atoms with Gasteiger partial charge in [0.25, 0.3) is 0 Å². The van der Waals surface area contributed by atoms with E-state index in [1.54, 1.807) is 0 Å². The van der Waals surface area contributed by atoms with E-state index in [-0.39, 0.29) is 0 Å². The van der Waals surface area contributed by atoms with E-state index < -0.39 is 0 Å². The lowest BCUT2D eigenvalue weighted by Gasteiger charge is -2.31. The van der Waals surface area contributed by atoms with Crippen LogP contribution in [0.2, 0.25) is 0 Å². The van der Waals surface area contributed by atoms with Gasteiger partial charge in [-0.25, -0.2) is 0 Å². The van der Waals surface area contributed by atoms with E-state index in [0.717, 1.165) is 24.7 Å². The van der Waals surface area contributed by atoms with Crippen molar-refractivity contribution in [3.05, 3.63) is 11.7 Å². The molecular weight excluding hydrogens is 214 g/mol. The van der Waals surface area contributed by atoms with Crippen molar-refractivity contribution >= 4 is 0 Å². The molecule has 1 saturated carbocycles. The van der Waals surface area contributed by atoms with Crippen molar-refractivity contribution in [1.82, 2.24) is 15.5 Å². The Morgan fingerprint density at radius 3 is 2.88 bits per heavy atom. The molecule has 4 heteroatoms. The number of rotatable bonds is 5. The van der Waals surface area contributed by atoms with Gasteiger partial charge in [-0.05, 0) is 18.8 Å². The lowest BCUT2D eigenvalue weighted by Crippen LogP contribution is -2.39. The molecule has 17 heavy (non-hydrogen) atoms. The first kappa shape index (κ1) is 12.6. The van der Waals surface area contributed by atoms with Crippen molar-refractivity contribution in [3.63, 3.8) is 0 Å². The van der Waals surface area contributed by atoms with Gasteiger partial charge in [0.2, 0.25) is 5.89 Å². The molecule has 2 unspecified atom stereocenters. The molecule has 0 aromatic carbocycles. The van der Waals surface area contributed by atoms with Crippen molar-refractivity contribution in [2.75, 3.05) is 6.54 Å². The summed E-state index contributed by atoms with van der Waals surface area (Å²) in [6, 6.07) is 0.696. The summed E-state index contributed by atoms with van der Waals surface area (Å²) >= 11 is 0. The third-order valence-corrected chi connectivity index (χ3v) is 3.76. The van der Waals surface area contributed by atoms with Crippen LogP contribution in [0, 0.1) is 12.8 Å². The van der Waals surface area contributed by atoms with Gasteiger partial charge in [-0.1, -0.05) is 31.3 Å². The maximum atomic E-state index is 4.96. The minimum absolute atomic E-state index is 0.657. The molecule has 1 aliphatic rings. The van der Waals surface area contributed by atoms with Crippen LogP contribution in [0.25, 0.3) is 0 Å². The van der Waals surface area contributed by atoms with Gasteiger partial charge in [0.05, 0.1) is 0 Å². The van der Waals surface area contributed by atoms with E-state index in [2.05, 4.69) is 22.4 Å². The van der Waals surface area contributed by atoms with E-state index in [0.29, 0.717) is 11.9 Å². The Bertz CT molecular complexity index is 337. The fraction of sp³-hybridized carbons (Fsp3) is 0.846. The maximum Gasteiger partial charge on any atom is 0.223 e. The second kappa shape index (κ2) is 6.15. The van der Waals surface area contributed by atoms with E-state index in [4.69, 9.17) is 4.52 Å². The molecule has 1 N–H and O–H groups in total. The standard InChI is InChI=1S/C13H23N3O/c1-3-11-6-4-5-7-12(11)14-9-8-13-15-10(2)17-16-13/h11-12,14H,3-9H2,1-2H3. The molecule has 1 heterocycles. The van der Waals surface area contributed by atoms with Gasteiger partial charge in [-0.2, -0.15) is 4.98 Å². The Morgan fingerprint density at radius 2 is 2.18 bits per heavy atom. The molecule has 0 amide bonds. The van der Waals surface area contributed by atoms with Crippen LogP contribution in [0.1, 0.15) is 50.7 Å². The lowest BCUT2D eigenvalue weighted by atomic mass is 9.83. The van der Waals surface area contributed by atoms with Gasteiger partial charge in [-0.15, -0.1) is 0 Å².